The van der Waals surface area contributed by atoms with E-state index in [9.17, 15) is 9.59 Å². The molecule has 74 valence electrons. The van der Waals surface area contributed by atoms with Crippen molar-refractivity contribution in [2.24, 2.45) is 11.8 Å². The van der Waals surface area contributed by atoms with Crippen molar-refractivity contribution in [3.8, 4) is 0 Å². The minimum absolute atomic E-state index is 0.118. The van der Waals surface area contributed by atoms with Gasteiger partial charge in [0, 0.05) is 12.3 Å². The monoisotopic (exact) mass is 184 g/mol. The molecule has 1 N–H and O–H groups in total. The number of hydrogen-bond acceptors (Lipinski definition) is 2. The van der Waals surface area contributed by atoms with Gasteiger partial charge in [0.1, 0.15) is 5.78 Å². The Hall–Kier alpha value is -0.860. The van der Waals surface area contributed by atoms with Crippen LogP contribution in [-0.2, 0) is 9.59 Å². The van der Waals surface area contributed by atoms with E-state index in [1.807, 2.05) is 0 Å². The van der Waals surface area contributed by atoms with Gasteiger partial charge in [0.15, 0.2) is 0 Å². The highest BCUT2D eigenvalue weighted by Crippen LogP contribution is 2.31. The van der Waals surface area contributed by atoms with Gasteiger partial charge in [-0.25, -0.2) is 0 Å². The summed E-state index contributed by atoms with van der Waals surface area (Å²) in [5.74, 6) is -1.31. The van der Waals surface area contributed by atoms with Crippen molar-refractivity contribution in [1.82, 2.24) is 0 Å². The summed E-state index contributed by atoms with van der Waals surface area (Å²) in [5, 5.41) is 8.90. The highest BCUT2D eigenvalue weighted by atomic mass is 16.4. The number of carbonyl (C=O) groups excluding carboxylic acids is 1. The van der Waals surface area contributed by atoms with Gasteiger partial charge < -0.3 is 5.11 Å². The van der Waals surface area contributed by atoms with Gasteiger partial charge in [-0.15, -0.1) is 0 Å². The number of carboxylic acid groups (broad SMARTS) is 1. The molecule has 0 unspecified atom stereocenters. The number of ketones is 1. The largest absolute Gasteiger partial charge is 0.481 e. The van der Waals surface area contributed by atoms with Crippen LogP contribution in [0.2, 0.25) is 0 Å². The molecule has 0 aromatic carbocycles. The maximum Gasteiger partial charge on any atom is 0.307 e. The van der Waals surface area contributed by atoms with Crippen LogP contribution in [0.3, 0.4) is 0 Å². The summed E-state index contributed by atoms with van der Waals surface area (Å²) in [6, 6.07) is 0. The molecule has 1 aliphatic rings. The van der Waals surface area contributed by atoms with Crippen LogP contribution in [0.5, 0.6) is 0 Å². The minimum atomic E-state index is -0.800. The van der Waals surface area contributed by atoms with Crippen LogP contribution in [0, 0.1) is 11.8 Å². The molecule has 13 heavy (non-hydrogen) atoms. The van der Waals surface area contributed by atoms with Crippen LogP contribution in [0.25, 0.3) is 0 Å². The summed E-state index contributed by atoms with van der Waals surface area (Å²) in [6.07, 6.45) is 3.86. The van der Waals surface area contributed by atoms with Gasteiger partial charge in [0.25, 0.3) is 0 Å². The molecule has 0 amide bonds. The molecule has 2 atom stereocenters. The average Bonchev–Trinajstić information content (AvgIpc) is 2.16. The van der Waals surface area contributed by atoms with Gasteiger partial charge >= 0.3 is 5.97 Å². The molecule has 1 aliphatic carbocycles. The van der Waals surface area contributed by atoms with Gasteiger partial charge in [-0.3, -0.25) is 9.59 Å². The van der Waals surface area contributed by atoms with Crippen molar-refractivity contribution in [3.63, 3.8) is 0 Å². The van der Waals surface area contributed by atoms with Crippen LogP contribution in [0.4, 0.5) is 0 Å². The van der Waals surface area contributed by atoms with Crippen molar-refractivity contribution < 1.29 is 14.7 Å². The Labute approximate surface area is 78.1 Å². The fourth-order valence-electron chi connectivity index (χ4n) is 2.07. The van der Waals surface area contributed by atoms with Gasteiger partial charge in [-0.2, -0.15) is 0 Å². The van der Waals surface area contributed by atoms with Gasteiger partial charge in [-0.1, -0.05) is 19.8 Å². The third-order valence-electron chi connectivity index (χ3n) is 2.85. The first kappa shape index (κ1) is 10.2. The first-order valence-corrected chi connectivity index (χ1v) is 4.92. The molecule has 0 heterocycles. The zero-order valence-corrected chi connectivity index (χ0v) is 7.95. The first-order valence-electron chi connectivity index (χ1n) is 4.92. The predicted molar refractivity (Wildman–Crippen MR) is 48.4 cm³/mol. The summed E-state index contributed by atoms with van der Waals surface area (Å²) in [7, 11) is 0. The average molecular weight is 184 g/mol. The maximum absolute atomic E-state index is 11.4. The SMILES string of the molecule is CCC(=O)[C@H]1CCCC[C@@H]1C(=O)O. The number of carboxylic acids is 1. The quantitative estimate of drug-likeness (QED) is 0.728. The minimum Gasteiger partial charge on any atom is -0.481 e. The van der Waals surface area contributed by atoms with Gasteiger partial charge in [0.2, 0.25) is 0 Å². The number of Topliss-reactive ketones (excluding diaryl/α,β-unsaturated/α-hetero) is 1. The van der Waals surface area contributed by atoms with Crippen LogP contribution < -0.4 is 0 Å². The summed E-state index contributed by atoms with van der Waals surface area (Å²) < 4.78 is 0. The van der Waals surface area contributed by atoms with Gasteiger partial charge in [-0.05, 0) is 12.8 Å². The van der Waals surface area contributed by atoms with E-state index in [1.165, 1.54) is 0 Å². The molecule has 3 heteroatoms. The number of hydrogen-bond donors (Lipinski definition) is 1. The fraction of sp³-hybridized carbons (Fsp3) is 0.800. The van der Waals surface area contributed by atoms with E-state index in [0.717, 1.165) is 19.3 Å². The lowest BCUT2D eigenvalue weighted by molar-refractivity contribution is -0.148. The third kappa shape index (κ3) is 2.29. The van der Waals surface area contributed by atoms with E-state index in [0.29, 0.717) is 12.8 Å². The molecule has 0 aliphatic heterocycles. The molecule has 0 radical (unpaired) electrons. The fourth-order valence-corrected chi connectivity index (χ4v) is 2.07. The van der Waals surface area contributed by atoms with E-state index in [2.05, 4.69) is 0 Å². The smallest absolute Gasteiger partial charge is 0.307 e. The second kappa shape index (κ2) is 4.40. The molecule has 0 spiro atoms. The molecule has 0 saturated heterocycles. The molecular weight excluding hydrogens is 168 g/mol. The Bertz CT molecular complexity index is 210. The second-order valence-electron chi connectivity index (χ2n) is 3.66. The second-order valence-corrected chi connectivity index (χ2v) is 3.66. The molecule has 0 aromatic heterocycles. The van der Waals surface area contributed by atoms with E-state index in [1.54, 1.807) is 6.92 Å². The van der Waals surface area contributed by atoms with Crippen molar-refractivity contribution >= 4 is 11.8 Å². The van der Waals surface area contributed by atoms with E-state index in [-0.39, 0.29) is 11.7 Å². The molecule has 1 saturated carbocycles. The molecule has 1 rings (SSSR count). The molecule has 1 fully saturated rings. The summed E-state index contributed by atoms with van der Waals surface area (Å²) >= 11 is 0. The van der Waals surface area contributed by atoms with Gasteiger partial charge in [0.05, 0.1) is 5.92 Å². The highest BCUT2D eigenvalue weighted by Gasteiger charge is 2.34. The van der Waals surface area contributed by atoms with Crippen LogP contribution in [0.1, 0.15) is 39.0 Å². The van der Waals surface area contributed by atoms with Crippen molar-refractivity contribution in [2.75, 3.05) is 0 Å². The Balaban J connectivity index is 2.67. The molecule has 0 aromatic rings. The van der Waals surface area contributed by atoms with Crippen molar-refractivity contribution in [2.45, 2.75) is 39.0 Å². The lowest BCUT2D eigenvalue weighted by Gasteiger charge is -2.26. The Morgan fingerprint density at radius 1 is 1.23 bits per heavy atom. The predicted octanol–water partition coefficient (Wildman–Crippen LogP) is 1.86. The molecule has 0 bridgehead atoms. The number of rotatable bonds is 3. The maximum atomic E-state index is 11.4. The number of aliphatic carboxylic acids is 1. The molecule has 3 nitrogen and oxygen atoms in total. The Kier molecular flexibility index (Phi) is 3.46. The topological polar surface area (TPSA) is 54.4 Å². The lowest BCUT2D eigenvalue weighted by atomic mass is 9.76. The van der Waals surface area contributed by atoms with Crippen molar-refractivity contribution in [3.05, 3.63) is 0 Å². The third-order valence-corrected chi connectivity index (χ3v) is 2.85. The van der Waals surface area contributed by atoms with E-state index in [4.69, 9.17) is 5.11 Å². The van der Waals surface area contributed by atoms with Crippen LogP contribution in [-0.4, -0.2) is 16.9 Å². The number of carbonyl (C=O) groups is 2. The summed E-state index contributed by atoms with van der Waals surface area (Å²) in [5.41, 5.74) is 0. The van der Waals surface area contributed by atoms with E-state index < -0.39 is 11.9 Å². The Morgan fingerprint density at radius 3 is 2.23 bits per heavy atom. The standard InChI is InChI=1S/C10H16O3/c1-2-9(11)7-5-3-4-6-8(7)10(12)13/h7-8H,2-6H2,1H3,(H,12,13)/t7-,8-/m0/s1. The summed E-state index contributed by atoms with van der Waals surface area (Å²) in [6.45, 7) is 1.80. The van der Waals surface area contributed by atoms with Crippen molar-refractivity contribution in [1.29, 1.82) is 0 Å². The lowest BCUT2D eigenvalue weighted by Crippen LogP contribution is -2.32. The highest BCUT2D eigenvalue weighted by molar-refractivity contribution is 5.86. The zero-order valence-electron chi connectivity index (χ0n) is 7.95. The first-order chi connectivity index (χ1) is 6.16. The normalized spacial score (nSPS) is 28.4. The summed E-state index contributed by atoms with van der Waals surface area (Å²) in [4.78, 5) is 22.3. The zero-order chi connectivity index (χ0) is 9.84. The Morgan fingerprint density at radius 2 is 1.77 bits per heavy atom. The van der Waals surface area contributed by atoms with Crippen LogP contribution >= 0.6 is 0 Å². The molecular formula is C10H16O3. The van der Waals surface area contributed by atoms with Crippen LogP contribution in [0.15, 0.2) is 0 Å². The van der Waals surface area contributed by atoms with E-state index >= 15 is 0 Å².